The Labute approximate surface area is 140 Å². The molecule has 3 aromatic rings. The first kappa shape index (κ1) is 15.9. The fourth-order valence-electron chi connectivity index (χ4n) is 2.22. The first-order valence-electron chi connectivity index (χ1n) is 7.98. The Balaban J connectivity index is 1.77. The van der Waals surface area contributed by atoms with Gasteiger partial charge in [-0.3, -0.25) is 4.79 Å². The van der Waals surface area contributed by atoms with Crippen molar-refractivity contribution in [1.82, 2.24) is 15.5 Å². The number of hydrogen-bond donors (Lipinski definition) is 1. The summed E-state index contributed by atoms with van der Waals surface area (Å²) in [4.78, 5) is 16.5. The molecule has 0 radical (unpaired) electrons. The summed E-state index contributed by atoms with van der Waals surface area (Å²) >= 11 is 0. The molecule has 0 aliphatic carbocycles. The highest BCUT2D eigenvalue weighted by molar-refractivity contribution is 5.94. The number of carbonyl (C=O) groups excluding carboxylic acids is 1. The first-order valence-corrected chi connectivity index (χ1v) is 7.98. The Morgan fingerprint density at radius 2 is 1.79 bits per heavy atom. The molecule has 5 nitrogen and oxygen atoms in total. The average molecular weight is 321 g/mol. The lowest BCUT2D eigenvalue weighted by Gasteiger charge is -2.11. The Morgan fingerprint density at radius 1 is 1.08 bits per heavy atom. The van der Waals surface area contributed by atoms with E-state index in [-0.39, 0.29) is 11.9 Å². The van der Waals surface area contributed by atoms with Crippen LogP contribution in [0, 0.1) is 0 Å². The van der Waals surface area contributed by atoms with E-state index in [0.29, 0.717) is 17.3 Å². The molecule has 122 valence electrons. The van der Waals surface area contributed by atoms with Crippen molar-refractivity contribution in [2.75, 3.05) is 0 Å². The van der Waals surface area contributed by atoms with Gasteiger partial charge in [-0.2, -0.15) is 4.98 Å². The maximum atomic E-state index is 12.1. The lowest BCUT2D eigenvalue weighted by Crippen LogP contribution is -2.31. The zero-order valence-electron chi connectivity index (χ0n) is 13.7. The lowest BCUT2D eigenvalue weighted by atomic mass is 10.1. The Bertz CT molecular complexity index is 810. The summed E-state index contributed by atoms with van der Waals surface area (Å²) in [7, 11) is 0. The maximum Gasteiger partial charge on any atom is 0.258 e. The number of aromatic nitrogens is 2. The van der Waals surface area contributed by atoms with E-state index in [1.807, 2.05) is 56.3 Å². The molecule has 0 aliphatic heterocycles. The van der Waals surface area contributed by atoms with Crippen molar-refractivity contribution in [3.63, 3.8) is 0 Å². The van der Waals surface area contributed by atoms with Gasteiger partial charge in [-0.1, -0.05) is 42.4 Å². The van der Waals surface area contributed by atoms with Crippen LogP contribution < -0.4 is 5.32 Å². The van der Waals surface area contributed by atoms with Crippen molar-refractivity contribution in [2.45, 2.75) is 26.3 Å². The highest BCUT2D eigenvalue weighted by Crippen LogP contribution is 2.22. The molecule has 1 amide bonds. The molecule has 0 bridgehead atoms. The smallest absolute Gasteiger partial charge is 0.258 e. The predicted octanol–water partition coefficient (Wildman–Crippen LogP) is 3.93. The molecular formula is C19H19N3O2. The molecule has 0 aliphatic rings. The van der Waals surface area contributed by atoms with Gasteiger partial charge in [0.25, 0.3) is 11.8 Å². The molecule has 1 aromatic heterocycles. The van der Waals surface area contributed by atoms with Crippen LogP contribution >= 0.6 is 0 Å². The normalized spacial score (nSPS) is 11.9. The van der Waals surface area contributed by atoms with E-state index < -0.39 is 0 Å². The van der Waals surface area contributed by atoms with Crippen LogP contribution in [0.4, 0.5) is 0 Å². The molecule has 5 heteroatoms. The molecule has 2 aromatic carbocycles. The van der Waals surface area contributed by atoms with E-state index in [1.165, 1.54) is 0 Å². The Morgan fingerprint density at radius 3 is 2.46 bits per heavy atom. The van der Waals surface area contributed by atoms with Gasteiger partial charge in [-0.15, -0.1) is 0 Å². The SMILES string of the molecule is CC[C@H](C)NC(=O)c1ccc(-c2nc(-c3ccccc3)no2)cc1. The first-order chi connectivity index (χ1) is 11.7. The van der Waals surface area contributed by atoms with Gasteiger partial charge >= 0.3 is 0 Å². The molecule has 0 saturated carbocycles. The third-order valence-electron chi connectivity index (χ3n) is 3.84. The Hall–Kier alpha value is -2.95. The van der Waals surface area contributed by atoms with Gasteiger partial charge in [-0.25, -0.2) is 0 Å². The van der Waals surface area contributed by atoms with Crippen LogP contribution in [0.1, 0.15) is 30.6 Å². The number of nitrogens with one attached hydrogen (secondary N) is 1. The molecule has 24 heavy (non-hydrogen) atoms. The third-order valence-corrected chi connectivity index (χ3v) is 3.84. The summed E-state index contributed by atoms with van der Waals surface area (Å²) < 4.78 is 5.33. The second kappa shape index (κ2) is 7.08. The minimum absolute atomic E-state index is 0.0774. The predicted molar refractivity (Wildman–Crippen MR) is 92.4 cm³/mol. The topological polar surface area (TPSA) is 68.0 Å². The fourth-order valence-corrected chi connectivity index (χ4v) is 2.22. The van der Waals surface area contributed by atoms with E-state index in [9.17, 15) is 4.79 Å². The fraction of sp³-hybridized carbons (Fsp3) is 0.211. The largest absolute Gasteiger partial charge is 0.350 e. The molecule has 0 unspecified atom stereocenters. The summed E-state index contributed by atoms with van der Waals surface area (Å²) in [5.41, 5.74) is 2.30. The van der Waals surface area contributed by atoms with Crippen molar-refractivity contribution >= 4 is 5.91 Å². The van der Waals surface area contributed by atoms with E-state index in [4.69, 9.17) is 4.52 Å². The van der Waals surface area contributed by atoms with Crippen LogP contribution in [0.25, 0.3) is 22.8 Å². The monoisotopic (exact) mass is 321 g/mol. The standard InChI is InChI=1S/C19H19N3O2/c1-3-13(2)20-18(23)15-9-11-16(12-10-15)19-21-17(22-24-19)14-7-5-4-6-8-14/h4-13H,3H2,1-2H3,(H,20,23)/t13-/m0/s1. The van der Waals surface area contributed by atoms with Crippen molar-refractivity contribution in [1.29, 1.82) is 0 Å². The Kier molecular flexibility index (Phi) is 4.70. The summed E-state index contributed by atoms with van der Waals surface area (Å²) in [5, 5.41) is 6.95. The molecule has 1 atom stereocenters. The van der Waals surface area contributed by atoms with Gasteiger partial charge in [-0.05, 0) is 37.6 Å². The average Bonchev–Trinajstić information content (AvgIpc) is 3.12. The molecule has 1 N–H and O–H groups in total. The van der Waals surface area contributed by atoms with Gasteiger partial charge < -0.3 is 9.84 Å². The summed E-state index contributed by atoms with van der Waals surface area (Å²) in [5.74, 6) is 0.901. The van der Waals surface area contributed by atoms with Crippen molar-refractivity contribution < 1.29 is 9.32 Å². The van der Waals surface area contributed by atoms with E-state index >= 15 is 0 Å². The molecule has 1 heterocycles. The van der Waals surface area contributed by atoms with Gasteiger partial charge in [0.1, 0.15) is 0 Å². The maximum absolute atomic E-state index is 12.1. The van der Waals surface area contributed by atoms with Gasteiger partial charge in [0.05, 0.1) is 0 Å². The van der Waals surface area contributed by atoms with Crippen LogP contribution in [0.3, 0.4) is 0 Å². The zero-order valence-corrected chi connectivity index (χ0v) is 13.7. The van der Waals surface area contributed by atoms with E-state index in [1.54, 1.807) is 12.1 Å². The number of amides is 1. The van der Waals surface area contributed by atoms with Crippen LogP contribution in [-0.2, 0) is 0 Å². The van der Waals surface area contributed by atoms with Crippen LogP contribution in [0.2, 0.25) is 0 Å². The number of nitrogens with zero attached hydrogens (tertiary/aromatic N) is 2. The van der Waals surface area contributed by atoms with Gasteiger partial charge in [0.2, 0.25) is 5.82 Å². The summed E-state index contributed by atoms with van der Waals surface area (Å²) in [6.07, 6.45) is 0.897. The highest BCUT2D eigenvalue weighted by Gasteiger charge is 2.12. The van der Waals surface area contributed by atoms with Crippen molar-refractivity contribution in [3.05, 3.63) is 60.2 Å². The van der Waals surface area contributed by atoms with Crippen molar-refractivity contribution in [3.8, 4) is 22.8 Å². The van der Waals surface area contributed by atoms with Crippen LogP contribution in [-0.4, -0.2) is 22.1 Å². The number of carbonyl (C=O) groups is 1. The van der Waals surface area contributed by atoms with Crippen LogP contribution in [0.5, 0.6) is 0 Å². The van der Waals surface area contributed by atoms with Crippen molar-refractivity contribution in [2.24, 2.45) is 0 Å². The number of rotatable bonds is 5. The van der Waals surface area contributed by atoms with Gasteiger partial charge in [0, 0.05) is 22.7 Å². The second-order valence-electron chi connectivity index (χ2n) is 5.65. The summed E-state index contributed by atoms with van der Waals surface area (Å²) in [6, 6.07) is 17.0. The van der Waals surface area contributed by atoms with Crippen LogP contribution in [0.15, 0.2) is 59.1 Å². The number of hydrogen-bond acceptors (Lipinski definition) is 4. The molecule has 0 spiro atoms. The molecule has 0 saturated heterocycles. The molecule has 3 rings (SSSR count). The minimum atomic E-state index is -0.0774. The quantitative estimate of drug-likeness (QED) is 0.773. The molecular weight excluding hydrogens is 302 g/mol. The lowest BCUT2D eigenvalue weighted by molar-refractivity contribution is 0.0939. The van der Waals surface area contributed by atoms with E-state index in [0.717, 1.165) is 17.5 Å². The van der Waals surface area contributed by atoms with E-state index in [2.05, 4.69) is 15.5 Å². The second-order valence-corrected chi connectivity index (χ2v) is 5.65. The summed E-state index contributed by atoms with van der Waals surface area (Å²) in [6.45, 7) is 4.02. The number of benzene rings is 2. The highest BCUT2D eigenvalue weighted by atomic mass is 16.5. The minimum Gasteiger partial charge on any atom is -0.350 e. The van der Waals surface area contributed by atoms with Gasteiger partial charge in [0.15, 0.2) is 0 Å². The zero-order chi connectivity index (χ0) is 16.9. The molecule has 0 fully saturated rings. The third kappa shape index (κ3) is 3.51.